The number of aromatic nitrogens is 2. The Bertz CT molecular complexity index is 686. The van der Waals surface area contributed by atoms with Crippen LogP contribution in [0.3, 0.4) is 0 Å². The fourth-order valence-corrected chi connectivity index (χ4v) is 3.23. The van der Waals surface area contributed by atoms with E-state index < -0.39 is 0 Å². The van der Waals surface area contributed by atoms with Crippen LogP contribution in [0.15, 0.2) is 17.5 Å². The molecule has 1 aromatic carbocycles. The van der Waals surface area contributed by atoms with Gasteiger partial charge in [0.25, 0.3) is 0 Å². The van der Waals surface area contributed by atoms with Crippen LogP contribution in [0, 0.1) is 0 Å². The number of fused-ring (bicyclic) bond motifs is 3. The highest BCUT2D eigenvalue weighted by molar-refractivity contribution is 7.19. The summed E-state index contributed by atoms with van der Waals surface area (Å²) < 4.78 is 10.5. The molecule has 2 heterocycles. The van der Waals surface area contributed by atoms with E-state index in [1.165, 1.54) is 18.6 Å². The molecule has 0 N–H and O–H groups in total. The summed E-state index contributed by atoms with van der Waals surface area (Å²) in [7, 11) is 1.38. The quantitative estimate of drug-likeness (QED) is 0.623. The van der Waals surface area contributed by atoms with Crippen molar-refractivity contribution < 1.29 is 9.53 Å². The maximum atomic E-state index is 11.6. The minimum absolute atomic E-state index is 0.343. The summed E-state index contributed by atoms with van der Waals surface area (Å²) >= 11 is 2.82. The van der Waals surface area contributed by atoms with Gasteiger partial charge in [-0.2, -0.15) is 0 Å². The van der Waals surface area contributed by atoms with Crippen molar-refractivity contribution in [1.82, 2.24) is 9.59 Å². The summed E-state index contributed by atoms with van der Waals surface area (Å²) in [6.45, 7) is 0. The average Bonchev–Trinajstić information content (AvgIpc) is 2.93. The van der Waals surface area contributed by atoms with E-state index in [-0.39, 0.29) is 5.97 Å². The summed E-state index contributed by atoms with van der Waals surface area (Å²) in [6.07, 6.45) is 0. The molecular formula is C10H6N2O2S2. The van der Waals surface area contributed by atoms with Gasteiger partial charge in [-0.05, 0) is 34.4 Å². The standard InChI is InChI=1S/C10H6N2O2S2/c1-14-10(13)6-4-5-2-3-15-8(5)7-9(6)16-12-11-7/h2-4H,1H3. The van der Waals surface area contributed by atoms with Crippen LogP contribution < -0.4 is 0 Å². The summed E-state index contributed by atoms with van der Waals surface area (Å²) in [5.74, 6) is -0.343. The van der Waals surface area contributed by atoms with E-state index >= 15 is 0 Å². The first-order valence-electron chi connectivity index (χ1n) is 4.52. The maximum absolute atomic E-state index is 11.6. The van der Waals surface area contributed by atoms with E-state index in [1.54, 1.807) is 11.3 Å². The fraction of sp³-hybridized carbons (Fsp3) is 0.100. The van der Waals surface area contributed by atoms with E-state index in [0.717, 1.165) is 20.3 Å². The Hall–Kier alpha value is -1.53. The second kappa shape index (κ2) is 3.50. The summed E-state index contributed by atoms with van der Waals surface area (Å²) in [5.41, 5.74) is 1.33. The second-order valence-corrected chi connectivity index (χ2v) is 4.88. The lowest BCUT2D eigenvalue weighted by atomic mass is 10.1. The van der Waals surface area contributed by atoms with Crippen molar-refractivity contribution in [2.75, 3.05) is 7.11 Å². The van der Waals surface area contributed by atoms with Gasteiger partial charge in [-0.25, -0.2) is 4.79 Å². The molecule has 0 amide bonds. The minimum atomic E-state index is -0.343. The monoisotopic (exact) mass is 250 g/mol. The van der Waals surface area contributed by atoms with Crippen molar-refractivity contribution in [3.8, 4) is 0 Å². The summed E-state index contributed by atoms with van der Waals surface area (Å²) in [6, 6.07) is 3.80. The van der Waals surface area contributed by atoms with Gasteiger partial charge in [-0.15, -0.1) is 16.4 Å². The van der Waals surface area contributed by atoms with Crippen molar-refractivity contribution in [3.63, 3.8) is 0 Å². The van der Waals surface area contributed by atoms with Crippen LogP contribution in [-0.4, -0.2) is 22.7 Å². The Morgan fingerprint density at radius 2 is 2.31 bits per heavy atom. The fourth-order valence-electron chi connectivity index (χ4n) is 1.62. The zero-order valence-electron chi connectivity index (χ0n) is 8.26. The molecule has 0 atom stereocenters. The highest BCUT2D eigenvalue weighted by Gasteiger charge is 2.16. The number of hydrogen-bond donors (Lipinski definition) is 0. The van der Waals surface area contributed by atoms with Crippen LogP contribution >= 0.6 is 22.9 Å². The van der Waals surface area contributed by atoms with Crippen molar-refractivity contribution >= 4 is 49.1 Å². The largest absolute Gasteiger partial charge is 0.465 e. The Labute approximate surface area is 98.6 Å². The third-order valence-electron chi connectivity index (χ3n) is 2.35. The van der Waals surface area contributed by atoms with E-state index in [9.17, 15) is 4.79 Å². The number of ether oxygens (including phenoxy) is 1. The number of rotatable bonds is 1. The number of esters is 1. The highest BCUT2D eigenvalue weighted by atomic mass is 32.1. The van der Waals surface area contributed by atoms with Crippen LogP contribution in [0.1, 0.15) is 10.4 Å². The third-order valence-corrected chi connectivity index (χ3v) is 4.04. The SMILES string of the molecule is COC(=O)c1cc2ccsc2c2nnsc12. The van der Waals surface area contributed by atoms with Gasteiger partial charge in [-0.1, -0.05) is 4.49 Å². The Kier molecular flexibility index (Phi) is 2.12. The molecule has 2 aromatic heterocycles. The van der Waals surface area contributed by atoms with Gasteiger partial charge < -0.3 is 4.74 Å². The predicted molar refractivity (Wildman–Crippen MR) is 64.1 cm³/mol. The lowest BCUT2D eigenvalue weighted by Gasteiger charge is -2.00. The summed E-state index contributed by atoms with van der Waals surface area (Å²) in [4.78, 5) is 11.6. The molecule has 3 rings (SSSR count). The van der Waals surface area contributed by atoms with E-state index in [4.69, 9.17) is 4.74 Å². The molecule has 0 fully saturated rings. The topological polar surface area (TPSA) is 52.1 Å². The molecule has 6 heteroatoms. The Balaban J connectivity index is 2.47. The van der Waals surface area contributed by atoms with Crippen LogP contribution in [0.4, 0.5) is 0 Å². The molecule has 0 bridgehead atoms. The van der Waals surface area contributed by atoms with Crippen LogP contribution in [-0.2, 0) is 4.74 Å². The number of thiophene rings is 1. The van der Waals surface area contributed by atoms with E-state index in [2.05, 4.69) is 9.59 Å². The maximum Gasteiger partial charge on any atom is 0.339 e. The van der Waals surface area contributed by atoms with Gasteiger partial charge in [0, 0.05) is 0 Å². The smallest absolute Gasteiger partial charge is 0.339 e. The number of methoxy groups -OCH3 is 1. The molecule has 4 nitrogen and oxygen atoms in total. The molecule has 0 aliphatic rings. The van der Waals surface area contributed by atoms with Gasteiger partial charge in [0.15, 0.2) is 0 Å². The second-order valence-electron chi connectivity index (χ2n) is 3.21. The van der Waals surface area contributed by atoms with Crippen molar-refractivity contribution in [2.24, 2.45) is 0 Å². The molecule has 0 saturated carbocycles. The van der Waals surface area contributed by atoms with Crippen molar-refractivity contribution in [2.45, 2.75) is 0 Å². The lowest BCUT2D eigenvalue weighted by molar-refractivity contribution is 0.0603. The number of hydrogen-bond acceptors (Lipinski definition) is 6. The zero-order chi connectivity index (χ0) is 11.1. The van der Waals surface area contributed by atoms with E-state index in [0.29, 0.717) is 5.56 Å². The van der Waals surface area contributed by atoms with Crippen LogP contribution in [0.2, 0.25) is 0 Å². The van der Waals surface area contributed by atoms with Crippen LogP contribution in [0.25, 0.3) is 20.3 Å². The first-order valence-corrected chi connectivity index (χ1v) is 6.17. The molecule has 0 aliphatic heterocycles. The van der Waals surface area contributed by atoms with Gasteiger partial charge in [-0.3, -0.25) is 0 Å². The van der Waals surface area contributed by atoms with Gasteiger partial charge in [0.05, 0.1) is 22.1 Å². The number of benzene rings is 1. The number of carbonyl (C=O) groups excluding carboxylic acids is 1. The number of carbonyl (C=O) groups is 1. The first-order chi connectivity index (χ1) is 7.81. The Morgan fingerprint density at radius 3 is 3.12 bits per heavy atom. The highest BCUT2D eigenvalue weighted by Crippen LogP contribution is 2.33. The molecule has 0 unspecified atom stereocenters. The van der Waals surface area contributed by atoms with Crippen molar-refractivity contribution in [1.29, 1.82) is 0 Å². The molecular weight excluding hydrogens is 244 g/mol. The minimum Gasteiger partial charge on any atom is -0.465 e. The average molecular weight is 250 g/mol. The third kappa shape index (κ3) is 1.23. The molecule has 0 saturated heterocycles. The molecule has 0 spiro atoms. The number of nitrogens with zero attached hydrogens (tertiary/aromatic N) is 2. The molecule has 0 aliphatic carbocycles. The van der Waals surface area contributed by atoms with Gasteiger partial charge >= 0.3 is 5.97 Å². The summed E-state index contributed by atoms with van der Waals surface area (Å²) in [5, 5.41) is 7.05. The predicted octanol–water partition coefficient (Wildman–Crippen LogP) is 2.69. The molecule has 3 aromatic rings. The van der Waals surface area contributed by atoms with Crippen LogP contribution in [0.5, 0.6) is 0 Å². The molecule has 16 heavy (non-hydrogen) atoms. The molecule has 0 radical (unpaired) electrons. The van der Waals surface area contributed by atoms with E-state index in [1.807, 2.05) is 17.5 Å². The van der Waals surface area contributed by atoms with Crippen molar-refractivity contribution in [3.05, 3.63) is 23.1 Å². The Morgan fingerprint density at radius 1 is 1.44 bits per heavy atom. The normalized spacial score (nSPS) is 11.1. The lowest BCUT2D eigenvalue weighted by Crippen LogP contribution is -2.00. The zero-order valence-corrected chi connectivity index (χ0v) is 9.89. The van der Waals surface area contributed by atoms with Gasteiger partial charge in [0.2, 0.25) is 0 Å². The van der Waals surface area contributed by atoms with Gasteiger partial charge in [0.1, 0.15) is 5.52 Å². The molecule has 80 valence electrons. The first kappa shape index (κ1) is 9.68.